The number of esters is 1. The quantitative estimate of drug-likeness (QED) is 0.629. The van der Waals surface area contributed by atoms with Crippen molar-refractivity contribution < 1.29 is 14.6 Å². The van der Waals surface area contributed by atoms with Crippen LogP contribution in [-0.2, 0) is 9.53 Å². The molecule has 2 bridgehead atoms. The molecule has 3 aliphatic heterocycles. The monoisotopic (exact) mass is 199 g/mol. The fourth-order valence-electron chi connectivity index (χ4n) is 2.75. The molecule has 0 aromatic heterocycles. The van der Waals surface area contributed by atoms with Crippen molar-refractivity contribution in [3.63, 3.8) is 0 Å². The SMILES string of the molecule is COC(=O)[C@H]1CN2CC[C@H]1C[C@H]2CO. The van der Waals surface area contributed by atoms with Gasteiger partial charge >= 0.3 is 5.97 Å². The molecule has 0 aromatic rings. The summed E-state index contributed by atoms with van der Waals surface area (Å²) in [7, 11) is 1.45. The molecule has 3 saturated heterocycles. The molecule has 4 atom stereocenters. The van der Waals surface area contributed by atoms with E-state index in [4.69, 9.17) is 9.84 Å². The maximum atomic E-state index is 11.4. The minimum absolute atomic E-state index is 0.0385. The molecule has 80 valence electrons. The van der Waals surface area contributed by atoms with Crippen LogP contribution < -0.4 is 0 Å². The predicted octanol–water partition coefficient (Wildman–Crippen LogP) is -0.138. The molecule has 0 saturated carbocycles. The van der Waals surface area contributed by atoms with Crippen molar-refractivity contribution in [1.29, 1.82) is 0 Å². The van der Waals surface area contributed by atoms with E-state index in [1.165, 1.54) is 7.11 Å². The van der Waals surface area contributed by atoms with Crippen molar-refractivity contribution in [2.75, 3.05) is 26.8 Å². The molecular weight excluding hydrogens is 182 g/mol. The van der Waals surface area contributed by atoms with Gasteiger partial charge in [-0.15, -0.1) is 0 Å². The van der Waals surface area contributed by atoms with Gasteiger partial charge < -0.3 is 9.84 Å². The molecule has 4 heteroatoms. The number of nitrogens with zero attached hydrogens (tertiary/aromatic N) is 1. The second-order valence-electron chi connectivity index (χ2n) is 4.25. The zero-order valence-corrected chi connectivity index (χ0v) is 8.48. The van der Waals surface area contributed by atoms with Crippen LogP contribution in [0.25, 0.3) is 0 Å². The Labute approximate surface area is 83.8 Å². The van der Waals surface area contributed by atoms with Crippen LogP contribution in [0.5, 0.6) is 0 Å². The third-order valence-corrected chi connectivity index (χ3v) is 3.59. The first-order valence-corrected chi connectivity index (χ1v) is 5.19. The summed E-state index contributed by atoms with van der Waals surface area (Å²) in [5, 5.41) is 9.14. The fourth-order valence-corrected chi connectivity index (χ4v) is 2.75. The van der Waals surface area contributed by atoms with Gasteiger partial charge in [-0.2, -0.15) is 0 Å². The van der Waals surface area contributed by atoms with E-state index in [-0.39, 0.29) is 24.5 Å². The number of aliphatic hydroxyl groups is 1. The number of ether oxygens (including phenoxy) is 1. The summed E-state index contributed by atoms with van der Waals surface area (Å²) in [6, 6.07) is 0.273. The van der Waals surface area contributed by atoms with Gasteiger partial charge in [0.25, 0.3) is 0 Å². The third-order valence-electron chi connectivity index (χ3n) is 3.59. The van der Waals surface area contributed by atoms with Gasteiger partial charge in [0.2, 0.25) is 0 Å². The third kappa shape index (κ3) is 1.53. The first-order valence-electron chi connectivity index (χ1n) is 5.19. The molecule has 3 heterocycles. The number of piperidine rings is 3. The first kappa shape index (κ1) is 9.93. The van der Waals surface area contributed by atoms with E-state index in [0.717, 1.165) is 25.9 Å². The topological polar surface area (TPSA) is 49.8 Å². The number of carbonyl (C=O) groups excluding carboxylic acids is 1. The summed E-state index contributed by atoms with van der Waals surface area (Å²) in [6.45, 7) is 2.00. The van der Waals surface area contributed by atoms with E-state index in [0.29, 0.717) is 5.92 Å². The van der Waals surface area contributed by atoms with Gasteiger partial charge in [0, 0.05) is 12.6 Å². The average Bonchev–Trinajstić information content (AvgIpc) is 2.28. The molecule has 3 aliphatic rings. The van der Waals surface area contributed by atoms with Gasteiger partial charge in [0.15, 0.2) is 0 Å². The van der Waals surface area contributed by atoms with Crippen molar-refractivity contribution in [3.8, 4) is 0 Å². The van der Waals surface area contributed by atoms with E-state index in [1.807, 2.05) is 0 Å². The molecule has 0 aliphatic carbocycles. The smallest absolute Gasteiger partial charge is 0.310 e. The summed E-state index contributed by atoms with van der Waals surface area (Å²) in [5.41, 5.74) is 0. The molecule has 1 unspecified atom stereocenters. The normalized spacial score (nSPS) is 41.0. The first-order chi connectivity index (χ1) is 6.76. The summed E-state index contributed by atoms with van der Waals surface area (Å²) in [5.74, 6) is 0.372. The van der Waals surface area contributed by atoms with Crippen LogP contribution in [0.3, 0.4) is 0 Å². The van der Waals surface area contributed by atoms with Crippen molar-refractivity contribution in [2.24, 2.45) is 11.8 Å². The lowest BCUT2D eigenvalue weighted by molar-refractivity contribution is -0.154. The molecule has 14 heavy (non-hydrogen) atoms. The van der Waals surface area contributed by atoms with Crippen molar-refractivity contribution >= 4 is 5.97 Å². The Hall–Kier alpha value is -0.610. The number of hydrogen-bond acceptors (Lipinski definition) is 4. The number of aliphatic hydroxyl groups excluding tert-OH is 1. The number of carbonyl (C=O) groups is 1. The highest BCUT2D eigenvalue weighted by Crippen LogP contribution is 2.36. The van der Waals surface area contributed by atoms with E-state index in [9.17, 15) is 4.79 Å². The van der Waals surface area contributed by atoms with Crippen LogP contribution in [0.15, 0.2) is 0 Å². The maximum absolute atomic E-state index is 11.4. The van der Waals surface area contributed by atoms with E-state index in [1.54, 1.807) is 0 Å². The summed E-state index contributed by atoms with van der Waals surface area (Å²) in [4.78, 5) is 13.7. The maximum Gasteiger partial charge on any atom is 0.310 e. The highest BCUT2D eigenvalue weighted by molar-refractivity contribution is 5.73. The molecule has 0 spiro atoms. The van der Waals surface area contributed by atoms with E-state index in [2.05, 4.69) is 4.90 Å². The Morgan fingerprint density at radius 3 is 2.93 bits per heavy atom. The Balaban J connectivity index is 2.04. The number of rotatable bonds is 2. The Kier molecular flexibility index (Phi) is 2.74. The second kappa shape index (κ2) is 3.87. The van der Waals surface area contributed by atoms with E-state index >= 15 is 0 Å². The Bertz CT molecular complexity index is 231. The second-order valence-corrected chi connectivity index (χ2v) is 4.25. The minimum atomic E-state index is -0.0870. The van der Waals surface area contributed by atoms with Crippen molar-refractivity contribution in [3.05, 3.63) is 0 Å². The van der Waals surface area contributed by atoms with Crippen LogP contribution in [0, 0.1) is 11.8 Å². The standard InChI is InChI=1S/C10H17NO3/c1-14-10(13)9-5-11-3-2-7(9)4-8(11)6-12/h7-9,12H,2-6H2,1H3/t7-,8-,9-/m0/s1. The van der Waals surface area contributed by atoms with Crippen molar-refractivity contribution in [2.45, 2.75) is 18.9 Å². The number of hydrogen-bond donors (Lipinski definition) is 1. The van der Waals surface area contributed by atoms with Gasteiger partial charge in [0.05, 0.1) is 19.6 Å². The molecule has 0 radical (unpaired) electrons. The summed E-state index contributed by atoms with van der Waals surface area (Å²) in [6.07, 6.45) is 2.01. The average molecular weight is 199 g/mol. The van der Waals surface area contributed by atoms with Crippen LogP contribution >= 0.6 is 0 Å². The van der Waals surface area contributed by atoms with Crippen LogP contribution in [0.4, 0.5) is 0 Å². The molecule has 4 nitrogen and oxygen atoms in total. The van der Waals surface area contributed by atoms with Crippen LogP contribution in [0.1, 0.15) is 12.8 Å². The Morgan fingerprint density at radius 2 is 2.43 bits per heavy atom. The largest absolute Gasteiger partial charge is 0.469 e. The van der Waals surface area contributed by atoms with Crippen LogP contribution in [0.2, 0.25) is 0 Å². The highest BCUT2D eigenvalue weighted by Gasteiger charge is 2.43. The van der Waals surface area contributed by atoms with Gasteiger partial charge in [-0.05, 0) is 25.3 Å². The van der Waals surface area contributed by atoms with E-state index < -0.39 is 0 Å². The summed E-state index contributed by atoms with van der Waals surface area (Å²) >= 11 is 0. The van der Waals surface area contributed by atoms with Gasteiger partial charge in [-0.3, -0.25) is 9.69 Å². The zero-order valence-electron chi connectivity index (χ0n) is 8.48. The van der Waals surface area contributed by atoms with Gasteiger partial charge in [-0.25, -0.2) is 0 Å². The predicted molar refractivity (Wildman–Crippen MR) is 50.7 cm³/mol. The molecular formula is C10H17NO3. The zero-order chi connectivity index (χ0) is 10.1. The molecule has 3 rings (SSSR count). The van der Waals surface area contributed by atoms with Gasteiger partial charge in [-0.1, -0.05) is 0 Å². The fraction of sp³-hybridized carbons (Fsp3) is 0.900. The summed E-state index contributed by atoms with van der Waals surface area (Å²) < 4.78 is 4.78. The van der Waals surface area contributed by atoms with Gasteiger partial charge in [0.1, 0.15) is 0 Å². The minimum Gasteiger partial charge on any atom is -0.469 e. The van der Waals surface area contributed by atoms with Crippen LogP contribution in [-0.4, -0.2) is 48.8 Å². The lowest BCUT2D eigenvalue weighted by Crippen LogP contribution is -2.56. The molecule has 0 amide bonds. The lowest BCUT2D eigenvalue weighted by atomic mass is 9.76. The molecule has 1 N–H and O–H groups in total. The number of methoxy groups -OCH3 is 1. The highest BCUT2D eigenvalue weighted by atomic mass is 16.5. The molecule has 3 fully saturated rings. The Morgan fingerprint density at radius 1 is 1.64 bits per heavy atom. The van der Waals surface area contributed by atoms with Crippen molar-refractivity contribution in [1.82, 2.24) is 4.90 Å². The number of fused-ring (bicyclic) bond motifs is 3. The molecule has 0 aromatic carbocycles. The lowest BCUT2D eigenvalue weighted by Gasteiger charge is -2.48.